The fraction of sp³-hybridized carbons (Fsp3) is 0.421. The molecule has 0 unspecified atom stereocenters. The maximum absolute atomic E-state index is 10.4. The number of rotatable bonds is 3. The zero-order valence-corrected chi connectivity index (χ0v) is 15.4. The Hall–Kier alpha value is -2.67. The molecule has 2 N–H and O–H groups in total. The van der Waals surface area contributed by atoms with Crippen molar-refractivity contribution in [1.82, 2.24) is 24.9 Å². The summed E-state index contributed by atoms with van der Waals surface area (Å²) in [5.74, 6) is 0.958. The van der Waals surface area contributed by atoms with Gasteiger partial charge in [0.15, 0.2) is 5.82 Å². The third-order valence-corrected chi connectivity index (χ3v) is 5.04. The molecular formula is C19H24N6O. The zero-order chi connectivity index (χ0) is 18.3. The van der Waals surface area contributed by atoms with Crippen molar-refractivity contribution in [1.29, 1.82) is 0 Å². The standard InChI is InChI=1S/C19H24N6O/c1-12-6-7-14(16(26)9-12)17-18-15(10-20-25(18)3)19(23-22-17)21-13-5-4-8-24(2)11-13/h6-7,9-10,13,26H,4-5,8,11H2,1-3H3,(H,21,23)/t13-/m1/s1. The number of phenols is 1. The molecule has 1 saturated heterocycles. The first-order valence-corrected chi connectivity index (χ1v) is 8.96. The normalized spacial score (nSPS) is 18.3. The monoisotopic (exact) mass is 352 g/mol. The average molecular weight is 352 g/mol. The average Bonchev–Trinajstić information content (AvgIpc) is 2.99. The van der Waals surface area contributed by atoms with Crippen LogP contribution in [0.3, 0.4) is 0 Å². The number of nitrogens with zero attached hydrogens (tertiary/aromatic N) is 5. The van der Waals surface area contributed by atoms with Gasteiger partial charge in [0.2, 0.25) is 0 Å². The molecule has 136 valence electrons. The third kappa shape index (κ3) is 2.99. The zero-order valence-electron chi connectivity index (χ0n) is 15.4. The fourth-order valence-electron chi connectivity index (χ4n) is 3.70. The molecule has 7 heteroatoms. The minimum atomic E-state index is 0.205. The van der Waals surface area contributed by atoms with Gasteiger partial charge in [-0.1, -0.05) is 6.07 Å². The number of piperidine rings is 1. The Morgan fingerprint density at radius 1 is 1.23 bits per heavy atom. The van der Waals surface area contributed by atoms with Crippen molar-refractivity contribution >= 4 is 16.7 Å². The number of aromatic hydroxyl groups is 1. The summed E-state index contributed by atoms with van der Waals surface area (Å²) >= 11 is 0. The second-order valence-electron chi connectivity index (χ2n) is 7.19. The Morgan fingerprint density at radius 2 is 2.08 bits per heavy atom. The number of benzene rings is 1. The molecule has 1 aromatic carbocycles. The lowest BCUT2D eigenvalue weighted by molar-refractivity contribution is 0.261. The predicted octanol–water partition coefficient (Wildman–Crippen LogP) is 2.55. The van der Waals surface area contributed by atoms with Gasteiger partial charge in [0, 0.05) is 25.2 Å². The summed E-state index contributed by atoms with van der Waals surface area (Å²) in [4.78, 5) is 2.33. The van der Waals surface area contributed by atoms with E-state index >= 15 is 0 Å². The molecule has 0 radical (unpaired) electrons. The van der Waals surface area contributed by atoms with E-state index in [9.17, 15) is 5.11 Å². The smallest absolute Gasteiger partial charge is 0.160 e. The van der Waals surface area contributed by atoms with Crippen molar-refractivity contribution < 1.29 is 5.11 Å². The molecule has 1 aliphatic rings. The van der Waals surface area contributed by atoms with Crippen LogP contribution in [0.15, 0.2) is 24.4 Å². The maximum Gasteiger partial charge on any atom is 0.160 e. The number of nitrogens with one attached hydrogen (secondary N) is 1. The number of fused-ring (bicyclic) bond motifs is 1. The van der Waals surface area contributed by atoms with Crippen molar-refractivity contribution in [3.05, 3.63) is 30.0 Å². The van der Waals surface area contributed by atoms with E-state index in [1.807, 2.05) is 32.3 Å². The molecule has 0 amide bonds. The summed E-state index contributed by atoms with van der Waals surface area (Å²) in [7, 11) is 4.03. The van der Waals surface area contributed by atoms with Crippen molar-refractivity contribution in [3.8, 4) is 17.0 Å². The molecule has 0 bridgehead atoms. The Bertz CT molecular complexity index is 951. The van der Waals surface area contributed by atoms with Crippen molar-refractivity contribution in [2.24, 2.45) is 7.05 Å². The van der Waals surface area contributed by atoms with E-state index in [1.165, 1.54) is 6.42 Å². The summed E-state index contributed by atoms with van der Waals surface area (Å²) in [5, 5.41) is 28.1. The highest BCUT2D eigenvalue weighted by molar-refractivity contribution is 5.98. The van der Waals surface area contributed by atoms with Crippen LogP contribution in [0, 0.1) is 6.92 Å². The van der Waals surface area contributed by atoms with Gasteiger partial charge in [0.1, 0.15) is 11.4 Å². The van der Waals surface area contributed by atoms with Crippen molar-refractivity contribution in [2.45, 2.75) is 25.8 Å². The van der Waals surface area contributed by atoms with E-state index in [4.69, 9.17) is 0 Å². The number of likely N-dealkylation sites (N-methyl/N-ethyl adjacent to an activating group) is 1. The van der Waals surface area contributed by atoms with Gasteiger partial charge >= 0.3 is 0 Å². The number of anilines is 1. The van der Waals surface area contributed by atoms with Gasteiger partial charge in [-0.15, -0.1) is 10.2 Å². The molecule has 2 aromatic heterocycles. The van der Waals surface area contributed by atoms with E-state index in [2.05, 4.69) is 32.6 Å². The first kappa shape index (κ1) is 16.8. The van der Waals surface area contributed by atoms with Crippen LogP contribution in [0.1, 0.15) is 18.4 Å². The van der Waals surface area contributed by atoms with Crippen LogP contribution < -0.4 is 5.32 Å². The highest BCUT2D eigenvalue weighted by Crippen LogP contribution is 2.35. The number of likely N-dealkylation sites (tertiary alicyclic amines) is 1. The van der Waals surface area contributed by atoms with Crippen LogP contribution in [-0.4, -0.2) is 56.2 Å². The summed E-state index contributed by atoms with van der Waals surface area (Å²) in [6.45, 7) is 4.07. The van der Waals surface area contributed by atoms with E-state index < -0.39 is 0 Å². The predicted molar refractivity (Wildman–Crippen MR) is 102 cm³/mol. The minimum absolute atomic E-state index is 0.205. The fourth-order valence-corrected chi connectivity index (χ4v) is 3.70. The molecule has 26 heavy (non-hydrogen) atoms. The molecule has 3 aromatic rings. The Balaban J connectivity index is 1.77. The molecule has 3 heterocycles. The van der Waals surface area contributed by atoms with Crippen molar-refractivity contribution in [2.75, 3.05) is 25.5 Å². The van der Waals surface area contributed by atoms with Gasteiger partial charge < -0.3 is 15.3 Å². The van der Waals surface area contributed by atoms with Gasteiger partial charge in [-0.05, 0) is 51.1 Å². The van der Waals surface area contributed by atoms with Crippen LogP contribution in [0.4, 0.5) is 5.82 Å². The second-order valence-corrected chi connectivity index (χ2v) is 7.19. The summed E-state index contributed by atoms with van der Waals surface area (Å²) in [6, 6.07) is 5.93. The molecule has 0 aliphatic carbocycles. The summed E-state index contributed by atoms with van der Waals surface area (Å²) < 4.78 is 1.79. The molecule has 1 atom stereocenters. The van der Waals surface area contributed by atoms with Crippen LogP contribution >= 0.6 is 0 Å². The summed E-state index contributed by atoms with van der Waals surface area (Å²) in [5.41, 5.74) is 3.18. The van der Waals surface area contributed by atoms with E-state index in [0.29, 0.717) is 17.3 Å². The SMILES string of the molecule is Cc1ccc(-c2nnc(N[C@@H]3CCCN(C)C3)c3cnn(C)c23)c(O)c1. The van der Waals surface area contributed by atoms with E-state index in [1.54, 1.807) is 10.7 Å². The van der Waals surface area contributed by atoms with Crippen LogP contribution in [0.5, 0.6) is 5.75 Å². The molecular weight excluding hydrogens is 328 g/mol. The van der Waals surface area contributed by atoms with Gasteiger partial charge in [-0.2, -0.15) is 5.10 Å². The van der Waals surface area contributed by atoms with E-state index in [-0.39, 0.29) is 5.75 Å². The maximum atomic E-state index is 10.4. The second kappa shape index (κ2) is 6.57. The van der Waals surface area contributed by atoms with Gasteiger partial charge in [0.05, 0.1) is 17.1 Å². The first-order valence-electron chi connectivity index (χ1n) is 8.96. The first-order chi connectivity index (χ1) is 12.5. The quantitative estimate of drug-likeness (QED) is 0.754. The number of hydrogen-bond acceptors (Lipinski definition) is 6. The van der Waals surface area contributed by atoms with Gasteiger partial charge in [0.25, 0.3) is 0 Å². The van der Waals surface area contributed by atoms with Crippen LogP contribution in [-0.2, 0) is 7.05 Å². The van der Waals surface area contributed by atoms with Crippen molar-refractivity contribution in [3.63, 3.8) is 0 Å². The molecule has 4 rings (SSSR count). The lowest BCUT2D eigenvalue weighted by Crippen LogP contribution is -2.40. The lowest BCUT2D eigenvalue weighted by Gasteiger charge is -2.30. The van der Waals surface area contributed by atoms with Crippen LogP contribution in [0.2, 0.25) is 0 Å². The number of hydrogen-bond donors (Lipinski definition) is 2. The topological polar surface area (TPSA) is 79.1 Å². The van der Waals surface area contributed by atoms with Gasteiger partial charge in [-0.25, -0.2) is 0 Å². The molecule has 1 fully saturated rings. The third-order valence-electron chi connectivity index (χ3n) is 5.04. The number of aryl methyl sites for hydroxylation is 2. The molecule has 7 nitrogen and oxygen atoms in total. The van der Waals surface area contributed by atoms with Gasteiger partial charge in [-0.3, -0.25) is 4.68 Å². The molecule has 0 spiro atoms. The summed E-state index contributed by atoms with van der Waals surface area (Å²) in [6.07, 6.45) is 4.11. The van der Waals surface area contributed by atoms with E-state index in [0.717, 1.165) is 41.8 Å². The molecule has 0 saturated carbocycles. The lowest BCUT2D eigenvalue weighted by atomic mass is 10.1. The van der Waals surface area contributed by atoms with Crippen LogP contribution in [0.25, 0.3) is 22.2 Å². The Morgan fingerprint density at radius 3 is 2.85 bits per heavy atom. The Kier molecular flexibility index (Phi) is 4.24. The minimum Gasteiger partial charge on any atom is -0.507 e. The number of aromatic nitrogens is 4. The molecule has 1 aliphatic heterocycles. The largest absolute Gasteiger partial charge is 0.507 e. The number of phenolic OH excluding ortho intramolecular Hbond substituents is 1. The highest BCUT2D eigenvalue weighted by Gasteiger charge is 2.21. The highest BCUT2D eigenvalue weighted by atomic mass is 16.3. The Labute approximate surface area is 152 Å².